The highest BCUT2D eigenvalue weighted by molar-refractivity contribution is 4.84. The first-order valence-electron chi connectivity index (χ1n) is 6.60. The molecule has 0 aromatic rings. The molecular formula is C13H27NO. The maximum atomic E-state index is 5.36. The Bertz CT molecular complexity index is 153. The van der Waals surface area contributed by atoms with Gasteiger partial charge in [0.05, 0.1) is 13.3 Å². The first kappa shape index (κ1) is 13.0. The van der Waals surface area contributed by atoms with Crippen LogP contribution < -0.4 is 5.32 Å². The van der Waals surface area contributed by atoms with Gasteiger partial charge in [-0.05, 0) is 13.3 Å². The lowest BCUT2D eigenvalue weighted by Crippen LogP contribution is -2.38. The summed E-state index contributed by atoms with van der Waals surface area (Å²) in [4.78, 5) is 0. The van der Waals surface area contributed by atoms with Crippen LogP contribution in [-0.4, -0.2) is 18.9 Å². The summed E-state index contributed by atoms with van der Waals surface area (Å²) in [5.41, 5.74) is 0.267. The van der Waals surface area contributed by atoms with Crippen molar-refractivity contribution in [1.29, 1.82) is 0 Å². The van der Waals surface area contributed by atoms with E-state index in [1.165, 1.54) is 51.4 Å². The smallest absolute Gasteiger partial charge is 0.0971 e. The molecule has 15 heavy (non-hydrogen) atoms. The molecule has 90 valence electrons. The van der Waals surface area contributed by atoms with Gasteiger partial charge in [0.15, 0.2) is 0 Å². The van der Waals surface area contributed by atoms with Gasteiger partial charge in [-0.15, -0.1) is 0 Å². The molecule has 1 saturated heterocycles. The zero-order chi connectivity index (χ0) is 11.0. The Balaban J connectivity index is 1.88. The minimum atomic E-state index is 0.267. The molecule has 2 nitrogen and oxygen atoms in total. The van der Waals surface area contributed by atoms with E-state index in [2.05, 4.69) is 19.2 Å². The summed E-state index contributed by atoms with van der Waals surface area (Å²) in [6.45, 7) is 6.18. The highest BCUT2D eigenvalue weighted by Crippen LogP contribution is 2.19. The highest BCUT2D eigenvalue weighted by Gasteiger charge is 2.27. The second kappa shape index (κ2) is 7.24. The zero-order valence-electron chi connectivity index (χ0n) is 10.5. The monoisotopic (exact) mass is 213 g/mol. The lowest BCUT2D eigenvalue weighted by atomic mass is 9.95. The van der Waals surface area contributed by atoms with Crippen LogP contribution in [0.25, 0.3) is 0 Å². The number of hydrogen-bond acceptors (Lipinski definition) is 2. The lowest BCUT2D eigenvalue weighted by Gasteiger charge is -2.21. The minimum Gasteiger partial charge on any atom is -0.364 e. The van der Waals surface area contributed by atoms with E-state index in [1.54, 1.807) is 0 Å². The summed E-state index contributed by atoms with van der Waals surface area (Å²) >= 11 is 0. The van der Waals surface area contributed by atoms with Gasteiger partial charge in [0.1, 0.15) is 0 Å². The fourth-order valence-corrected chi connectivity index (χ4v) is 2.19. The summed E-state index contributed by atoms with van der Waals surface area (Å²) in [5, 5.41) is 3.42. The summed E-state index contributed by atoms with van der Waals surface area (Å²) < 4.78 is 5.36. The second-order valence-corrected chi connectivity index (χ2v) is 5.10. The van der Waals surface area contributed by atoms with Crippen LogP contribution in [0.4, 0.5) is 0 Å². The molecule has 0 bridgehead atoms. The molecule has 0 aliphatic carbocycles. The Kier molecular flexibility index (Phi) is 6.26. The average molecular weight is 213 g/mol. The van der Waals surface area contributed by atoms with Crippen molar-refractivity contribution in [2.75, 3.05) is 13.3 Å². The van der Waals surface area contributed by atoms with Crippen molar-refractivity contribution in [3.63, 3.8) is 0 Å². The van der Waals surface area contributed by atoms with E-state index < -0.39 is 0 Å². The van der Waals surface area contributed by atoms with Gasteiger partial charge in [-0.3, -0.25) is 5.32 Å². The molecular weight excluding hydrogens is 186 g/mol. The van der Waals surface area contributed by atoms with Crippen molar-refractivity contribution in [2.45, 2.75) is 70.8 Å². The third-order valence-corrected chi connectivity index (χ3v) is 3.35. The average Bonchev–Trinajstić information content (AvgIpc) is 2.64. The van der Waals surface area contributed by atoms with Gasteiger partial charge in [0, 0.05) is 5.54 Å². The van der Waals surface area contributed by atoms with Crippen LogP contribution in [0.2, 0.25) is 0 Å². The Labute approximate surface area is 94.8 Å². The second-order valence-electron chi connectivity index (χ2n) is 5.10. The van der Waals surface area contributed by atoms with Crippen molar-refractivity contribution in [3.05, 3.63) is 0 Å². The molecule has 0 aromatic heterocycles. The molecule has 1 rings (SSSR count). The fraction of sp³-hybridized carbons (Fsp3) is 1.00. The standard InChI is InChI=1S/C13H27NO/c1-3-4-5-6-7-8-9-10-13(2)11-15-12-14-13/h14H,3-12H2,1-2H3. The topological polar surface area (TPSA) is 21.3 Å². The Morgan fingerprint density at radius 1 is 1.07 bits per heavy atom. The van der Waals surface area contributed by atoms with Gasteiger partial charge in [-0.25, -0.2) is 0 Å². The van der Waals surface area contributed by atoms with Crippen LogP contribution in [0.5, 0.6) is 0 Å². The van der Waals surface area contributed by atoms with E-state index in [1.807, 2.05) is 0 Å². The highest BCUT2D eigenvalue weighted by atomic mass is 16.5. The molecule has 0 radical (unpaired) electrons. The summed E-state index contributed by atoms with van der Waals surface area (Å²) in [6.07, 6.45) is 11.0. The zero-order valence-corrected chi connectivity index (χ0v) is 10.5. The Morgan fingerprint density at radius 2 is 1.73 bits per heavy atom. The molecule has 0 spiro atoms. The summed E-state index contributed by atoms with van der Waals surface area (Å²) in [7, 11) is 0. The van der Waals surface area contributed by atoms with Crippen molar-refractivity contribution < 1.29 is 4.74 Å². The molecule has 1 unspecified atom stereocenters. The third kappa shape index (κ3) is 5.53. The Morgan fingerprint density at radius 3 is 2.33 bits per heavy atom. The molecule has 0 saturated carbocycles. The first-order valence-corrected chi connectivity index (χ1v) is 6.60. The van der Waals surface area contributed by atoms with Crippen molar-refractivity contribution in [2.24, 2.45) is 0 Å². The largest absolute Gasteiger partial charge is 0.364 e. The normalized spacial score (nSPS) is 26.0. The third-order valence-electron chi connectivity index (χ3n) is 3.35. The molecule has 0 amide bonds. The SMILES string of the molecule is CCCCCCCCCC1(C)COCN1. The van der Waals surface area contributed by atoms with Crippen molar-refractivity contribution in [3.8, 4) is 0 Å². The van der Waals surface area contributed by atoms with Crippen LogP contribution >= 0.6 is 0 Å². The molecule has 1 aliphatic heterocycles. The van der Waals surface area contributed by atoms with Crippen molar-refractivity contribution >= 4 is 0 Å². The van der Waals surface area contributed by atoms with E-state index in [0.717, 1.165) is 13.3 Å². The van der Waals surface area contributed by atoms with E-state index in [-0.39, 0.29) is 5.54 Å². The molecule has 1 atom stereocenters. The quantitative estimate of drug-likeness (QED) is 0.623. The molecule has 1 N–H and O–H groups in total. The van der Waals surface area contributed by atoms with Gasteiger partial charge in [-0.1, -0.05) is 51.9 Å². The van der Waals surface area contributed by atoms with Crippen LogP contribution in [0, 0.1) is 0 Å². The van der Waals surface area contributed by atoms with Gasteiger partial charge < -0.3 is 4.74 Å². The first-order chi connectivity index (χ1) is 7.27. The van der Waals surface area contributed by atoms with Crippen molar-refractivity contribution in [1.82, 2.24) is 5.32 Å². The minimum absolute atomic E-state index is 0.267. The number of hydrogen-bond donors (Lipinski definition) is 1. The molecule has 0 aromatic carbocycles. The predicted octanol–water partition coefficient (Wildman–Crippen LogP) is 3.46. The summed E-state index contributed by atoms with van der Waals surface area (Å²) in [6, 6.07) is 0. The number of rotatable bonds is 8. The van der Waals surface area contributed by atoms with Gasteiger partial charge >= 0.3 is 0 Å². The van der Waals surface area contributed by atoms with Crippen LogP contribution in [-0.2, 0) is 4.74 Å². The van der Waals surface area contributed by atoms with E-state index in [9.17, 15) is 0 Å². The fourth-order valence-electron chi connectivity index (χ4n) is 2.19. The van der Waals surface area contributed by atoms with E-state index >= 15 is 0 Å². The van der Waals surface area contributed by atoms with Gasteiger partial charge in [0.25, 0.3) is 0 Å². The summed E-state index contributed by atoms with van der Waals surface area (Å²) in [5.74, 6) is 0. The molecule has 2 heteroatoms. The van der Waals surface area contributed by atoms with E-state index in [4.69, 9.17) is 4.74 Å². The van der Waals surface area contributed by atoms with Gasteiger partial charge in [-0.2, -0.15) is 0 Å². The van der Waals surface area contributed by atoms with Crippen LogP contribution in [0.3, 0.4) is 0 Å². The maximum absolute atomic E-state index is 5.36. The van der Waals surface area contributed by atoms with Gasteiger partial charge in [0.2, 0.25) is 0 Å². The predicted molar refractivity (Wildman–Crippen MR) is 65.0 cm³/mol. The van der Waals surface area contributed by atoms with E-state index in [0.29, 0.717) is 0 Å². The lowest BCUT2D eigenvalue weighted by molar-refractivity contribution is 0.176. The van der Waals surface area contributed by atoms with Crippen LogP contribution in [0.1, 0.15) is 65.2 Å². The molecule has 1 fully saturated rings. The molecule has 1 aliphatic rings. The van der Waals surface area contributed by atoms with Crippen LogP contribution in [0.15, 0.2) is 0 Å². The maximum Gasteiger partial charge on any atom is 0.0971 e. The Hall–Kier alpha value is -0.0800. The number of unbranched alkanes of at least 4 members (excludes halogenated alkanes) is 6. The molecule has 1 heterocycles. The number of nitrogens with one attached hydrogen (secondary N) is 1. The number of ether oxygens (including phenoxy) is 1.